The molecule has 0 bridgehead atoms. The minimum Gasteiger partial charge on any atom is -0.478 e. The molecule has 4 rings (SSSR count). The van der Waals surface area contributed by atoms with Crippen LogP contribution in [0.4, 0.5) is 5.95 Å². The highest BCUT2D eigenvalue weighted by Gasteiger charge is 2.18. The van der Waals surface area contributed by atoms with Crippen LogP contribution in [0.25, 0.3) is 11.3 Å². The molecule has 0 spiro atoms. The maximum atomic E-state index is 11.3. The number of anilines is 1. The van der Waals surface area contributed by atoms with Gasteiger partial charge in [0.1, 0.15) is 6.61 Å². The van der Waals surface area contributed by atoms with E-state index in [9.17, 15) is 9.90 Å². The topological polar surface area (TPSA) is 120 Å². The molecule has 1 fully saturated rings. The van der Waals surface area contributed by atoms with E-state index in [1.807, 2.05) is 44.2 Å². The van der Waals surface area contributed by atoms with Crippen LogP contribution in [0, 0.1) is 19.8 Å². The Balaban J connectivity index is 1.53. The number of rotatable bonds is 10. The van der Waals surface area contributed by atoms with Gasteiger partial charge >= 0.3 is 5.97 Å². The summed E-state index contributed by atoms with van der Waals surface area (Å²) in [5.41, 5.74) is 10.6. The van der Waals surface area contributed by atoms with E-state index < -0.39 is 5.97 Å². The number of nitrogens with one attached hydrogen (secondary N) is 1. The number of aromatic nitrogens is 2. The van der Waals surface area contributed by atoms with Crippen molar-refractivity contribution in [3.8, 4) is 17.1 Å². The van der Waals surface area contributed by atoms with E-state index in [4.69, 9.17) is 20.2 Å². The number of hydrogen-bond acceptors (Lipinski definition) is 8. The molecule has 3 aromatic rings. The van der Waals surface area contributed by atoms with E-state index in [1.54, 1.807) is 18.2 Å². The molecule has 2 heterocycles. The minimum absolute atomic E-state index is 0.101. The summed E-state index contributed by atoms with van der Waals surface area (Å²) in [7, 11) is 0. The molecule has 36 heavy (non-hydrogen) atoms. The van der Waals surface area contributed by atoms with Gasteiger partial charge in [0.25, 0.3) is 0 Å². The number of aromatic carboxylic acids is 1. The van der Waals surface area contributed by atoms with E-state index in [1.165, 1.54) is 11.9 Å². The van der Waals surface area contributed by atoms with Gasteiger partial charge in [-0.05, 0) is 80.3 Å². The van der Waals surface area contributed by atoms with Crippen molar-refractivity contribution in [3.63, 3.8) is 0 Å². The largest absolute Gasteiger partial charge is 0.478 e. The fourth-order valence-corrected chi connectivity index (χ4v) is 4.99. The van der Waals surface area contributed by atoms with Crippen molar-refractivity contribution in [1.82, 2.24) is 9.97 Å². The summed E-state index contributed by atoms with van der Waals surface area (Å²) in [4.78, 5) is 21.3. The summed E-state index contributed by atoms with van der Waals surface area (Å²) >= 11 is 1.24. The van der Waals surface area contributed by atoms with Gasteiger partial charge < -0.3 is 20.3 Å². The molecule has 0 radical (unpaired) electrons. The molecule has 1 aromatic heterocycles. The third-order valence-electron chi connectivity index (χ3n) is 6.20. The Morgan fingerprint density at radius 1 is 1.17 bits per heavy atom. The number of nitrogens with zero attached hydrogens (tertiary/aromatic N) is 2. The molecule has 4 N–H and O–H groups in total. The van der Waals surface area contributed by atoms with Gasteiger partial charge in [-0.3, -0.25) is 4.72 Å². The Morgan fingerprint density at radius 2 is 1.89 bits per heavy atom. The molecule has 1 unspecified atom stereocenters. The molecular formula is C27H32N4O4S. The highest BCUT2D eigenvalue weighted by Crippen LogP contribution is 2.30. The molecular weight excluding hydrogens is 476 g/mol. The summed E-state index contributed by atoms with van der Waals surface area (Å²) in [5.74, 6) is 0.392. The molecule has 2 aromatic carbocycles. The van der Waals surface area contributed by atoms with Crippen molar-refractivity contribution in [3.05, 3.63) is 65.2 Å². The molecule has 190 valence electrons. The number of nitrogens with two attached hydrogens (primary N) is 1. The Labute approximate surface area is 215 Å². The number of benzene rings is 2. The Kier molecular flexibility index (Phi) is 8.79. The highest BCUT2D eigenvalue weighted by molar-refractivity contribution is 8.00. The lowest BCUT2D eigenvalue weighted by Crippen LogP contribution is -2.32. The van der Waals surface area contributed by atoms with Gasteiger partial charge in [0, 0.05) is 35.8 Å². The predicted octanol–water partition coefficient (Wildman–Crippen LogP) is 5.10. The molecule has 0 aliphatic carbocycles. The van der Waals surface area contributed by atoms with Crippen molar-refractivity contribution in [2.45, 2.75) is 44.0 Å². The Hall–Kier alpha value is -3.14. The third-order valence-corrected chi connectivity index (χ3v) is 6.98. The Morgan fingerprint density at radius 3 is 2.61 bits per heavy atom. The van der Waals surface area contributed by atoms with Crippen LogP contribution in [0.2, 0.25) is 0 Å². The summed E-state index contributed by atoms with van der Waals surface area (Å²) in [6, 6.07) is 14.5. The lowest BCUT2D eigenvalue weighted by molar-refractivity contribution is 0.0599. The number of carboxylic acids is 1. The van der Waals surface area contributed by atoms with Crippen LogP contribution < -0.4 is 15.2 Å². The zero-order valence-electron chi connectivity index (χ0n) is 20.6. The summed E-state index contributed by atoms with van der Waals surface area (Å²) < 4.78 is 14.7. The van der Waals surface area contributed by atoms with Crippen LogP contribution >= 0.6 is 11.9 Å². The molecule has 0 saturated carbocycles. The molecule has 9 heteroatoms. The first-order valence-corrected chi connectivity index (χ1v) is 12.9. The average Bonchev–Trinajstić information content (AvgIpc) is 2.87. The van der Waals surface area contributed by atoms with E-state index in [2.05, 4.69) is 9.71 Å². The van der Waals surface area contributed by atoms with Crippen molar-refractivity contribution < 1.29 is 19.4 Å². The van der Waals surface area contributed by atoms with Crippen molar-refractivity contribution in [2.75, 3.05) is 24.5 Å². The first kappa shape index (κ1) is 25.9. The summed E-state index contributed by atoms with van der Waals surface area (Å²) in [6.45, 7) is 6.05. The van der Waals surface area contributed by atoms with Gasteiger partial charge in [-0.2, -0.15) is 4.98 Å². The summed E-state index contributed by atoms with van der Waals surface area (Å²) in [5, 5.41) is 9.27. The molecule has 1 aliphatic heterocycles. The molecule has 8 nitrogen and oxygen atoms in total. The fraction of sp³-hybridized carbons (Fsp3) is 0.370. The molecule has 0 amide bonds. The third kappa shape index (κ3) is 6.96. The Bertz CT molecular complexity index is 1180. The number of aryl methyl sites for hydroxylation is 2. The number of ether oxygens (including phenoxy) is 2. The van der Waals surface area contributed by atoms with Crippen LogP contribution in [0.3, 0.4) is 0 Å². The lowest BCUT2D eigenvalue weighted by atomic mass is 9.93. The van der Waals surface area contributed by atoms with Gasteiger partial charge in [-0.25, -0.2) is 9.78 Å². The normalized spacial score (nSPS) is 14.9. The maximum absolute atomic E-state index is 11.3. The second-order valence-corrected chi connectivity index (χ2v) is 9.96. The highest BCUT2D eigenvalue weighted by atomic mass is 32.2. The van der Waals surface area contributed by atoms with Crippen LogP contribution in [0.15, 0.2) is 53.4 Å². The minimum atomic E-state index is -0.974. The van der Waals surface area contributed by atoms with Gasteiger partial charge in [0.2, 0.25) is 11.8 Å². The van der Waals surface area contributed by atoms with Crippen molar-refractivity contribution >= 4 is 23.9 Å². The van der Waals surface area contributed by atoms with Crippen molar-refractivity contribution in [1.29, 1.82) is 0 Å². The average molecular weight is 509 g/mol. The number of hydrogen-bond donors (Lipinski definition) is 3. The summed E-state index contributed by atoms with van der Waals surface area (Å²) in [6.07, 6.45) is 2.96. The van der Waals surface area contributed by atoms with Gasteiger partial charge in [-0.15, -0.1) is 0 Å². The quantitative estimate of drug-likeness (QED) is 0.321. The standard InChI is InChI=1S/C27H32N4O4S/c1-17-5-3-6-18(2)25(17)23-15-24(35-16-21(28)13-19-9-11-34-12-10-19)30-27(29-23)31-36-22-8-4-7-20(14-22)26(32)33/h3-8,14-15,19,21H,9-13,16,28H2,1-2H3,(H,32,33)(H,29,30,31). The second kappa shape index (κ2) is 12.2. The van der Waals surface area contributed by atoms with E-state index in [-0.39, 0.29) is 11.6 Å². The van der Waals surface area contributed by atoms with Gasteiger partial charge in [-0.1, -0.05) is 24.3 Å². The monoisotopic (exact) mass is 508 g/mol. The first-order chi connectivity index (χ1) is 17.4. The zero-order valence-corrected chi connectivity index (χ0v) is 21.4. The van der Waals surface area contributed by atoms with Crippen LogP contribution in [0.5, 0.6) is 5.88 Å². The SMILES string of the molecule is Cc1cccc(C)c1-c1cc(OCC(N)CC2CCOCC2)nc(NSc2cccc(C(=O)O)c2)n1. The molecule has 1 atom stereocenters. The van der Waals surface area contributed by atoms with Crippen LogP contribution in [-0.2, 0) is 4.74 Å². The van der Waals surface area contributed by atoms with Gasteiger partial charge in [0.15, 0.2) is 0 Å². The van der Waals surface area contributed by atoms with Gasteiger partial charge in [0.05, 0.1) is 11.3 Å². The maximum Gasteiger partial charge on any atom is 0.335 e. The van der Waals surface area contributed by atoms with Crippen molar-refractivity contribution in [2.24, 2.45) is 11.7 Å². The molecule has 1 aliphatic rings. The molecule has 1 saturated heterocycles. The predicted molar refractivity (Wildman–Crippen MR) is 141 cm³/mol. The first-order valence-electron chi connectivity index (χ1n) is 12.1. The van der Waals surface area contributed by atoms with E-state index in [0.717, 1.165) is 59.8 Å². The number of carboxylic acid groups (broad SMARTS) is 1. The van der Waals surface area contributed by atoms with Crippen LogP contribution in [0.1, 0.15) is 40.7 Å². The second-order valence-electron chi connectivity index (χ2n) is 9.08. The number of carbonyl (C=O) groups is 1. The smallest absolute Gasteiger partial charge is 0.335 e. The zero-order chi connectivity index (χ0) is 25.5. The van der Waals surface area contributed by atoms with Crippen LogP contribution in [-0.4, -0.2) is 46.9 Å². The van der Waals surface area contributed by atoms with E-state index in [0.29, 0.717) is 24.4 Å². The van der Waals surface area contributed by atoms with E-state index >= 15 is 0 Å². The lowest BCUT2D eigenvalue weighted by Gasteiger charge is -2.24. The fourth-order valence-electron chi connectivity index (χ4n) is 4.36.